The molecule has 0 atom stereocenters. The third kappa shape index (κ3) is 5.43. The van der Waals surface area contributed by atoms with Crippen molar-refractivity contribution >= 4 is 11.5 Å². The summed E-state index contributed by atoms with van der Waals surface area (Å²) in [6, 6.07) is 18.3. The van der Waals surface area contributed by atoms with Gasteiger partial charge in [-0.1, -0.05) is 79.5 Å². The molecule has 0 saturated carbocycles. The number of benzene rings is 2. The van der Waals surface area contributed by atoms with Crippen molar-refractivity contribution < 1.29 is 9.63 Å². The summed E-state index contributed by atoms with van der Waals surface area (Å²) >= 11 is 0. The Labute approximate surface area is 185 Å². The Balaban J connectivity index is 1.26. The summed E-state index contributed by atoms with van der Waals surface area (Å²) in [7, 11) is 0. The number of hydrogen-bond acceptors (Lipinski definition) is 4. The number of ketones is 1. The first kappa shape index (κ1) is 21.4. The van der Waals surface area contributed by atoms with Crippen molar-refractivity contribution in [2.45, 2.75) is 57.5 Å². The monoisotopic (exact) mass is 416 g/mol. The van der Waals surface area contributed by atoms with Crippen LogP contribution >= 0.6 is 0 Å². The number of allylic oxidation sites excluding steroid dienone is 1. The van der Waals surface area contributed by atoms with Gasteiger partial charge in [0.1, 0.15) is 5.60 Å². The predicted octanol–water partition coefficient (Wildman–Crippen LogP) is 5.77. The highest BCUT2D eigenvalue weighted by molar-refractivity contribution is 6.04. The highest BCUT2D eigenvalue weighted by Crippen LogP contribution is 2.36. The number of carbonyl (C=O) groups excluding carboxylic acids is 1. The summed E-state index contributed by atoms with van der Waals surface area (Å²) in [6.07, 6.45) is 11.1. The number of unbranched alkanes of at least 4 members (excludes halogenated alkanes) is 2. The zero-order valence-corrected chi connectivity index (χ0v) is 18.4. The Morgan fingerprint density at radius 1 is 1.06 bits per heavy atom. The molecule has 4 nitrogen and oxygen atoms in total. The molecular weight excluding hydrogens is 384 g/mol. The van der Waals surface area contributed by atoms with Crippen molar-refractivity contribution in [3.8, 4) is 0 Å². The summed E-state index contributed by atoms with van der Waals surface area (Å²) in [4.78, 5) is 20.7. The highest BCUT2D eigenvalue weighted by Gasteiger charge is 2.41. The van der Waals surface area contributed by atoms with Crippen molar-refractivity contribution in [1.29, 1.82) is 0 Å². The average molecular weight is 417 g/mol. The summed E-state index contributed by atoms with van der Waals surface area (Å²) < 4.78 is 0. The molecule has 0 bridgehead atoms. The number of likely N-dealkylation sites (tertiary alicyclic amines) is 1. The van der Waals surface area contributed by atoms with Crippen LogP contribution in [0.1, 0.15) is 66.9 Å². The molecule has 0 amide bonds. The van der Waals surface area contributed by atoms with E-state index in [4.69, 9.17) is 4.84 Å². The van der Waals surface area contributed by atoms with E-state index in [1.165, 1.54) is 24.8 Å². The summed E-state index contributed by atoms with van der Waals surface area (Å²) in [6.45, 7) is 3.96. The van der Waals surface area contributed by atoms with E-state index in [9.17, 15) is 4.79 Å². The fourth-order valence-electron chi connectivity index (χ4n) is 4.34. The van der Waals surface area contributed by atoms with Gasteiger partial charge in [-0.2, -0.15) is 0 Å². The van der Waals surface area contributed by atoms with Crippen molar-refractivity contribution in [3.05, 3.63) is 83.6 Å². The molecule has 2 heterocycles. The Bertz CT molecular complexity index is 923. The first-order valence-corrected chi connectivity index (χ1v) is 11.5. The van der Waals surface area contributed by atoms with E-state index < -0.39 is 0 Å². The molecule has 162 valence electrons. The second-order valence-electron chi connectivity index (χ2n) is 8.73. The van der Waals surface area contributed by atoms with Crippen LogP contribution < -0.4 is 0 Å². The van der Waals surface area contributed by atoms with Gasteiger partial charge < -0.3 is 9.74 Å². The zero-order valence-electron chi connectivity index (χ0n) is 18.4. The number of hydrogen-bond donors (Lipinski definition) is 0. The van der Waals surface area contributed by atoms with Crippen LogP contribution in [-0.4, -0.2) is 35.1 Å². The van der Waals surface area contributed by atoms with Crippen molar-refractivity contribution in [2.24, 2.45) is 5.16 Å². The molecule has 2 aromatic carbocycles. The van der Waals surface area contributed by atoms with Crippen LogP contribution in [-0.2, 0) is 11.3 Å². The molecular formula is C27H32N2O2. The molecule has 2 aromatic rings. The lowest BCUT2D eigenvalue weighted by atomic mass is 9.85. The van der Waals surface area contributed by atoms with Gasteiger partial charge in [0.25, 0.3) is 0 Å². The van der Waals surface area contributed by atoms with Gasteiger partial charge in [-0.25, -0.2) is 0 Å². The summed E-state index contributed by atoms with van der Waals surface area (Å²) in [5, 5.41) is 4.38. The van der Waals surface area contributed by atoms with Gasteiger partial charge in [0.15, 0.2) is 5.78 Å². The average Bonchev–Trinajstić information content (AvgIpc) is 3.23. The highest BCUT2D eigenvalue weighted by atomic mass is 16.7. The summed E-state index contributed by atoms with van der Waals surface area (Å²) in [5.74, 6) is 0.0622. The third-order valence-corrected chi connectivity index (χ3v) is 6.40. The van der Waals surface area contributed by atoms with Crippen LogP contribution in [0.25, 0.3) is 0 Å². The van der Waals surface area contributed by atoms with E-state index in [-0.39, 0.29) is 11.4 Å². The van der Waals surface area contributed by atoms with Crippen LogP contribution in [0.4, 0.5) is 0 Å². The number of rotatable bonds is 8. The largest absolute Gasteiger partial charge is 0.388 e. The minimum atomic E-state index is -0.187. The van der Waals surface area contributed by atoms with E-state index in [1.807, 2.05) is 36.5 Å². The molecule has 1 saturated heterocycles. The molecule has 0 N–H and O–H groups in total. The minimum Gasteiger partial charge on any atom is -0.388 e. The fraction of sp³-hybridized carbons (Fsp3) is 0.407. The molecule has 0 aromatic heterocycles. The second-order valence-corrected chi connectivity index (χ2v) is 8.73. The van der Waals surface area contributed by atoms with Gasteiger partial charge in [0.05, 0.1) is 5.71 Å². The Morgan fingerprint density at radius 3 is 2.52 bits per heavy atom. The summed E-state index contributed by atoms with van der Waals surface area (Å²) in [5.41, 5.74) is 4.06. The van der Waals surface area contributed by atoms with E-state index in [0.29, 0.717) is 0 Å². The number of piperidine rings is 1. The topological polar surface area (TPSA) is 41.9 Å². The van der Waals surface area contributed by atoms with Gasteiger partial charge in [-0.15, -0.1) is 0 Å². The quantitative estimate of drug-likeness (QED) is 0.311. The maximum atomic E-state index is 12.6. The van der Waals surface area contributed by atoms with E-state index in [2.05, 4.69) is 41.2 Å². The number of aryl methyl sites for hydroxylation is 1. The maximum absolute atomic E-state index is 12.6. The van der Waals surface area contributed by atoms with Crippen LogP contribution in [0.5, 0.6) is 0 Å². The SMILES string of the molecule is CCCCCc1ccc(C(=O)C=CN2CCC3(CC2)CC(c2ccccc2)=NO3)cc1. The molecule has 4 heteroatoms. The van der Waals surface area contributed by atoms with E-state index >= 15 is 0 Å². The Hall–Kier alpha value is -2.88. The van der Waals surface area contributed by atoms with Crippen LogP contribution in [0.2, 0.25) is 0 Å². The molecule has 2 aliphatic rings. The van der Waals surface area contributed by atoms with Gasteiger partial charge in [0.2, 0.25) is 0 Å². The van der Waals surface area contributed by atoms with Crippen molar-refractivity contribution in [2.75, 3.05) is 13.1 Å². The second kappa shape index (κ2) is 9.95. The zero-order chi connectivity index (χ0) is 21.5. The molecule has 1 spiro atoms. The van der Waals surface area contributed by atoms with Crippen molar-refractivity contribution in [3.63, 3.8) is 0 Å². The lowest BCUT2D eigenvalue weighted by Gasteiger charge is -2.36. The third-order valence-electron chi connectivity index (χ3n) is 6.40. The van der Waals surface area contributed by atoms with Crippen LogP contribution in [0.3, 0.4) is 0 Å². The van der Waals surface area contributed by atoms with E-state index in [1.54, 1.807) is 6.08 Å². The van der Waals surface area contributed by atoms with Gasteiger partial charge in [0, 0.05) is 50.2 Å². The van der Waals surface area contributed by atoms with Gasteiger partial charge in [-0.3, -0.25) is 4.79 Å². The first-order valence-electron chi connectivity index (χ1n) is 11.5. The number of oxime groups is 1. The lowest BCUT2D eigenvalue weighted by molar-refractivity contribution is -0.0550. The fourth-order valence-corrected chi connectivity index (χ4v) is 4.34. The molecule has 2 aliphatic heterocycles. The molecule has 4 rings (SSSR count). The molecule has 0 radical (unpaired) electrons. The number of nitrogens with zero attached hydrogens (tertiary/aromatic N) is 2. The standard InChI is InChI=1S/C27H32N2O2/c1-2-3-5-8-22-11-13-24(14-12-22)26(30)15-18-29-19-16-27(17-20-29)21-25(28-31-27)23-9-6-4-7-10-23/h4,6-7,9-15,18H,2-3,5,8,16-17,19-21H2,1H3. The minimum absolute atomic E-state index is 0.0622. The smallest absolute Gasteiger partial charge is 0.187 e. The predicted molar refractivity (Wildman–Crippen MR) is 125 cm³/mol. The van der Waals surface area contributed by atoms with E-state index in [0.717, 1.165) is 55.6 Å². The Morgan fingerprint density at radius 2 is 1.81 bits per heavy atom. The first-order chi connectivity index (χ1) is 15.2. The molecule has 1 fully saturated rings. The lowest BCUT2D eigenvalue weighted by Crippen LogP contribution is -2.42. The molecule has 0 aliphatic carbocycles. The van der Waals surface area contributed by atoms with Crippen LogP contribution in [0.15, 0.2) is 72.0 Å². The van der Waals surface area contributed by atoms with Crippen molar-refractivity contribution in [1.82, 2.24) is 4.90 Å². The van der Waals surface area contributed by atoms with Gasteiger partial charge >= 0.3 is 0 Å². The Kier molecular flexibility index (Phi) is 6.86. The number of carbonyl (C=O) groups is 1. The molecule has 31 heavy (non-hydrogen) atoms. The van der Waals surface area contributed by atoms with Gasteiger partial charge in [-0.05, 0) is 24.0 Å². The normalized spacial score (nSPS) is 17.7. The molecule has 0 unspecified atom stereocenters. The maximum Gasteiger partial charge on any atom is 0.187 e. The van der Waals surface area contributed by atoms with Crippen LogP contribution in [0, 0.1) is 0 Å².